The summed E-state index contributed by atoms with van der Waals surface area (Å²) in [7, 11) is 0. The van der Waals surface area contributed by atoms with Crippen molar-refractivity contribution in [2.45, 2.75) is 83.7 Å². The van der Waals surface area contributed by atoms with E-state index in [-0.39, 0.29) is 0 Å². The van der Waals surface area contributed by atoms with E-state index < -0.39 is 0 Å². The number of amidine groups is 1. The minimum atomic E-state index is 0.378. The summed E-state index contributed by atoms with van der Waals surface area (Å²) < 4.78 is 0. The van der Waals surface area contributed by atoms with Crippen LogP contribution in [0, 0.1) is 17.8 Å². The Morgan fingerprint density at radius 3 is 2.76 bits per heavy atom. The Balaban J connectivity index is 1.67. The molecule has 0 aromatic carbocycles. The zero-order chi connectivity index (χ0) is 14.9. The van der Waals surface area contributed by atoms with Crippen LogP contribution in [-0.2, 0) is 0 Å². The van der Waals surface area contributed by atoms with Crippen molar-refractivity contribution in [1.29, 1.82) is 0 Å². The Bertz CT molecular complexity index is 393. The number of hydrogen-bond donors (Lipinski definition) is 1. The lowest BCUT2D eigenvalue weighted by atomic mass is 9.77. The van der Waals surface area contributed by atoms with E-state index in [2.05, 4.69) is 26.1 Å². The van der Waals surface area contributed by atoms with E-state index in [1.165, 1.54) is 62.3 Å². The maximum atomic E-state index is 5.18. The van der Waals surface area contributed by atoms with Gasteiger partial charge in [0, 0.05) is 11.3 Å². The Morgan fingerprint density at radius 2 is 2.00 bits per heavy atom. The Kier molecular flexibility index (Phi) is 4.87. The highest BCUT2D eigenvalue weighted by atomic mass is 32.2. The van der Waals surface area contributed by atoms with Crippen LogP contribution in [0.2, 0.25) is 0 Å². The first-order valence-corrected chi connectivity index (χ1v) is 10.1. The number of nitrogens with one attached hydrogen (secondary N) is 1. The van der Waals surface area contributed by atoms with Gasteiger partial charge in [-0.05, 0) is 43.4 Å². The summed E-state index contributed by atoms with van der Waals surface area (Å²) in [5, 5.41) is 5.12. The molecule has 4 atom stereocenters. The molecule has 21 heavy (non-hydrogen) atoms. The van der Waals surface area contributed by atoms with Gasteiger partial charge >= 0.3 is 0 Å². The third-order valence-electron chi connectivity index (χ3n) is 5.87. The van der Waals surface area contributed by atoms with Crippen LogP contribution in [0.5, 0.6) is 0 Å². The molecule has 0 aromatic rings. The van der Waals surface area contributed by atoms with Crippen LogP contribution in [0.15, 0.2) is 4.99 Å². The maximum Gasteiger partial charge on any atom is 0.157 e. The van der Waals surface area contributed by atoms with Crippen molar-refractivity contribution >= 4 is 16.9 Å². The van der Waals surface area contributed by atoms with Crippen molar-refractivity contribution in [1.82, 2.24) is 5.32 Å². The summed E-state index contributed by atoms with van der Waals surface area (Å²) in [6.45, 7) is 7.17. The summed E-state index contributed by atoms with van der Waals surface area (Å²) in [6.07, 6.45) is 11.0. The number of hydrogen-bond acceptors (Lipinski definition) is 2. The Hall–Kier alpha value is -0.180. The zero-order valence-electron chi connectivity index (χ0n) is 14.0. The van der Waals surface area contributed by atoms with Crippen molar-refractivity contribution < 1.29 is 0 Å². The molecule has 2 saturated carbocycles. The van der Waals surface area contributed by atoms with E-state index in [1.807, 2.05) is 11.8 Å². The van der Waals surface area contributed by atoms with Gasteiger partial charge in [0.25, 0.3) is 0 Å². The molecule has 4 unspecified atom stereocenters. The van der Waals surface area contributed by atoms with Gasteiger partial charge in [0.1, 0.15) is 0 Å². The molecule has 0 amide bonds. The van der Waals surface area contributed by atoms with Gasteiger partial charge in [0.05, 0.1) is 6.04 Å². The normalized spacial score (nSPS) is 42.7. The van der Waals surface area contributed by atoms with Gasteiger partial charge in [-0.3, -0.25) is 4.99 Å². The third kappa shape index (κ3) is 3.60. The molecular weight excluding hydrogens is 276 g/mol. The minimum Gasteiger partial charge on any atom is -0.359 e. The quantitative estimate of drug-likeness (QED) is 0.789. The van der Waals surface area contributed by atoms with Gasteiger partial charge in [0.15, 0.2) is 5.17 Å². The van der Waals surface area contributed by atoms with Crippen LogP contribution in [0.1, 0.15) is 72.1 Å². The van der Waals surface area contributed by atoms with Crippen molar-refractivity contribution in [2.24, 2.45) is 22.7 Å². The smallest absolute Gasteiger partial charge is 0.157 e. The summed E-state index contributed by atoms with van der Waals surface area (Å²) in [4.78, 5) is 5.18. The average molecular weight is 309 g/mol. The van der Waals surface area contributed by atoms with E-state index in [9.17, 15) is 0 Å². The molecule has 2 aliphatic carbocycles. The molecule has 1 heterocycles. The summed E-state index contributed by atoms with van der Waals surface area (Å²) in [5.41, 5.74) is 0.378. The lowest BCUT2D eigenvalue weighted by Gasteiger charge is -2.36. The van der Waals surface area contributed by atoms with Gasteiger partial charge in [-0.25, -0.2) is 0 Å². The van der Waals surface area contributed by atoms with Crippen LogP contribution in [0.3, 0.4) is 0 Å². The lowest BCUT2D eigenvalue weighted by molar-refractivity contribution is 0.235. The first kappa shape index (κ1) is 15.7. The van der Waals surface area contributed by atoms with E-state index in [1.54, 1.807) is 0 Å². The molecule has 3 heteroatoms. The van der Waals surface area contributed by atoms with Crippen molar-refractivity contribution in [3.63, 3.8) is 0 Å². The summed E-state index contributed by atoms with van der Waals surface area (Å²) in [6, 6.07) is 0.574. The number of thioether (sulfide) groups is 1. The van der Waals surface area contributed by atoms with Gasteiger partial charge in [0.2, 0.25) is 0 Å². The van der Waals surface area contributed by atoms with Gasteiger partial charge in [-0.15, -0.1) is 0 Å². The van der Waals surface area contributed by atoms with Crippen LogP contribution >= 0.6 is 11.8 Å². The predicted molar refractivity (Wildman–Crippen MR) is 94.0 cm³/mol. The molecule has 120 valence electrons. The molecule has 3 aliphatic rings. The topological polar surface area (TPSA) is 24.4 Å². The van der Waals surface area contributed by atoms with Gasteiger partial charge in [-0.1, -0.05) is 58.2 Å². The van der Waals surface area contributed by atoms with E-state index in [0.717, 1.165) is 17.8 Å². The largest absolute Gasteiger partial charge is 0.359 e. The monoisotopic (exact) mass is 308 g/mol. The second-order valence-electron chi connectivity index (χ2n) is 8.09. The SMILES string of the molecule is CC1CCCC2(CSC(=NC3CCCCC3C(C)C)N2)C1. The number of rotatable bonds is 2. The van der Waals surface area contributed by atoms with E-state index in [4.69, 9.17) is 4.99 Å². The van der Waals surface area contributed by atoms with Crippen LogP contribution in [0.4, 0.5) is 0 Å². The second kappa shape index (κ2) is 6.52. The first-order chi connectivity index (χ1) is 10.1. The molecule has 3 rings (SSSR count). The summed E-state index contributed by atoms with van der Waals surface area (Å²) >= 11 is 2.00. The molecule has 1 aliphatic heterocycles. The molecule has 1 saturated heterocycles. The minimum absolute atomic E-state index is 0.378. The van der Waals surface area contributed by atoms with Crippen LogP contribution in [-0.4, -0.2) is 22.5 Å². The summed E-state index contributed by atoms with van der Waals surface area (Å²) in [5.74, 6) is 3.70. The first-order valence-electron chi connectivity index (χ1n) is 9.07. The van der Waals surface area contributed by atoms with E-state index in [0.29, 0.717) is 11.6 Å². The second-order valence-corrected chi connectivity index (χ2v) is 9.05. The van der Waals surface area contributed by atoms with Crippen molar-refractivity contribution in [2.75, 3.05) is 5.75 Å². The van der Waals surface area contributed by atoms with E-state index >= 15 is 0 Å². The highest BCUT2D eigenvalue weighted by Crippen LogP contribution is 2.40. The fourth-order valence-corrected chi connectivity index (χ4v) is 5.95. The van der Waals surface area contributed by atoms with Crippen molar-refractivity contribution in [3.8, 4) is 0 Å². The standard InChI is InChI=1S/C18H32N2S/c1-13(2)15-8-4-5-9-16(15)19-17-20-18(12-21-17)10-6-7-14(3)11-18/h13-16H,4-12H2,1-3H3,(H,19,20). The molecule has 0 bridgehead atoms. The van der Waals surface area contributed by atoms with Crippen LogP contribution in [0.25, 0.3) is 0 Å². The fourth-order valence-electron chi connectivity index (χ4n) is 4.71. The Morgan fingerprint density at radius 1 is 1.19 bits per heavy atom. The van der Waals surface area contributed by atoms with Gasteiger partial charge in [-0.2, -0.15) is 0 Å². The lowest BCUT2D eigenvalue weighted by Crippen LogP contribution is -2.47. The van der Waals surface area contributed by atoms with Crippen molar-refractivity contribution in [3.05, 3.63) is 0 Å². The molecule has 0 radical (unpaired) electrons. The maximum absolute atomic E-state index is 5.18. The zero-order valence-corrected chi connectivity index (χ0v) is 14.8. The highest BCUT2D eigenvalue weighted by Gasteiger charge is 2.40. The third-order valence-corrected chi connectivity index (χ3v) is 7.05. The molecular formula is C18H32N2S. The molecule has 1 N–H and O–H groups in total. The molecule has 1 spiro atoms. The fraction of sp³-hybridized carbons (Fsp3) is 0.944. The van der Waals surface area contributed by atoms with Gasteiger partial charge < -0.3 is 5.32 Å². The molecule has 3 fully saturated rings. The Labute approximate surface area is 134 Å². The molecule has 0 aromatic heterocycles. The number of nitrogens with zero attached hydrogens (tertiary/aromatic N) is 1. The highest BCUT2D eigenvalue weighted by molar-refractivity contribution is 8.14. The predicted octanol–water partition coefficient (Wildman–Crippen LogP) is 4.84. The van der Waals surface area contributed by atoms with Crippen LogP contribution < -0.4 is 5.32 Å². The number of aliphatic imine (C=N–C) groups is 1. The average Bonchev–Trinajstić information content (AvgIpc) is 2.81. The molecule has 2 nitrogen and oxygen atoms in total.